The molecule has 6 nitrogen and oxygen atoms in total. The first-order chi connectivity index (χ1) is 13.4. The Morgan fingerprint density at radius 1 is 1.00 bits per heavy atom. The number of nitrogens with one attached hydrogen (secondary N) is 1. The average Bonchev–Trinajstić information content (AvgIpc) is 3.16. The zero-order valence-corrected chi connectivity index (χ0v) is 14.1. The summed E-state index contributed by atoms with van der Waals surface area (Å²) in [5.74, 6) is 0. The van der Waals surface area contributed by atoms with E-state index in [1.807, 2.05) is 0 Å². The molecule has 0 aliphatic rings. The van der Waals surface area contributed by atoms with Crippen LogP contribution in [0, 0.1) is 22.7 Å². The second-order valence-corrected chi connectivity index (χ2v) is 5.53. The molecule has 0 atom stereocenters. The van der Waals surface area contributed by atoms with Crippen molar-refractivity contribution in [2.45, 2.75) is 6.18 Å². The normalized spacial score (nSPS) is 10.6. The second-order valence-electron chi connectivity index (χ2n) is 5.53. The molecule has 3 aromatic rings. The standard InChI is InChI=1S/C19H11F3N6/c20-19(21,22)18-10-17(28(27-18)16-4-2-1-3-5-16)13-6-8-14(9-7-13)25-26-15(11-23)12-24/h1-10,25H. The monoisotopic (exact) mass is 380 g/mol. The molecule has 138 valence electrons. The van der Waals surface area contributed by atoms with Gasteiger partial charge in [-0.1, -0.05) is 30.3 Å². The molecule has 0 aliphatic heterocycles. The molecule has 0 spiro atoms. The Bertz CT molecular complexity index is 1070. The van der Waals surface area contributed by atoms with Crippen LogP contribution >= 0.6 is 0 Å². The minimum absolute atomic E-state index is 0.267. The van der Waals surface area contributed by atoms with E-state index in [2.05, 4.69) is 15.6 Å². The number of hydrogen-bond acceptors (Lipinski definition) is 5. The minimum atomic E-state index is -4.57. The molecular weight excluding hydrogens is 369 g/mol. The quantitative estimate of drug-likeness (QED) is 0.537. The van der Waals surface area contributed by atoms with Crippen molar-refractivity contribution in [1.82, 2.24) is 9.78 Å². The largest absolute Gasteiger partial charge is 0.435 e. The van der Waals surface area contributed by atoms with E-state index < -0.39 is 11.9 Å². The lowest BCUT2D eigenvalue weighted by molar-refractivity contribution is -0.141. The van der Waals surface area contributed by atoms with Gasteiger partial charge in [0.1, 0.15) is 12.1 Å². The van der Waals surface area contributed by atoms with Crippen LogP contribution in [0.2, 0.25) is 0 Å². The Morgan fingerprint density at radius 3 is 2.21 bits per heavy atom. The molecule has 2 aromatic carbocycles. The highest BCUT2D eigenvalue weighted by molar-refractivity contribution is 6.10. The van der Waals surface area contributed by atoms with E-state index in [1.54, 1.807) is 66.7 Å². The van der Waals surface area contributed by atoms with Crippen molar-refractivity contribution in [3.8, 4) is 29.1 Å². The highest BCUT2D eigenvalue weighted by atomic mass is 19.4. The molecule has 28 heavy (non-hydrogen) atoms. The SMILES string of the molecule is N#CC(C#N)=NNc1ccc(-c2cc(C(F)(F)F)nn2-c2ccccc2)cc1. The summed E-state index contributed by atoms with van der Waals surface area (Å²) < 4.78 is 40.7. The zero-order chi connectivity index (χ0) is 20.1. The van der Waals surface area contributed by atoms with Crippen LogP contribution in [-0.4, -0.2) is 15.5 Å². The van der Waals surface area contributed by atoms with Crippen molar-refractivity contribution < 1.29 is 13.2 Å². The van der Waals surface area contributed by atoms with Gasteiger partial charge in [-0.3, -0.25) is 5.43 Å². The Labute approximate surface area is 157 Å². The van der Waals surface area contributed by atoms with Crippen LogP contribution in [-0.2, 0) is 6.18 Å². The molecule has 0 fully saturated rings. The molecule has 0 bridgehead atoms. The van der Waals surface area contributed by atoms with Gasteiger partial charge in [0.25, 0.3) is 0 Å². The zero-order valence-electron chi connectivity index (χ0n) is 14.1. The van der Waals surface area contributed by atoms with Gasteiger partial charge in [-0.15, -0.1) is 0 Å². The maximum atomic E-state index is 13.2. The molecule has 1 heterocycles. The second kappa shape index (κ2) is 7.64. The van der Waals surface area contributed by atoms with Crippen LogP contribution in [0.15, 0.2) is 65.8 Å². The third-order valence-electron chi connectivity index (χ3n) is 3.69. The summed E-state index contributed by atoms with van der Waals surface area (Å²) in [5.41, 5.74) is 2.93. The highest BCUT2D eigenvalue weighted by Gasteiger charge is 2.35. The van der Waals surface area contributed by atoms with Crippen LogP contribution < -0.4 is 5.43 Å². The molecule has 0 saturated carbocycles. The van der Waals surface area contributed by atoms with E-state index in [-0.39, 0.29) is 11.4 Å². The summed E-state index contributed by atoms with van der Waals surface area (Å²) in [6, 6.07) is 19.0. The lowest BCUT2D eigenvalue weighted by Gasteiger charge is -2.08. The molecule has 0 radical (unpaired) electrons. The Morgan fingerprint density at radius 2 is 1.64 bits per heavy atom. The first-order valence-electron chi connectivity index (χ1n) is 7.89. The minimum Gasteiger partial charge on any atom is -0.277 e. The maximum Gasteiger partial charge on any atom is 0.435 e. The number of hydrogen-bond donors (Lipinski definition) is 1. The lowest BCUT2D eigenvalue weighted by Crippen LogP contribution is -2.07. The van der Waals surface area contributed by atoms with Crippen LogP contribution in [0.4, 0.5) is 18.9 Å². The smallest absolute Gasteiger partial charge is 0.277 e. The summed E-state index contributed by atoms with van der Waals surface area (Å²) >= 11 is 0. The van der Waals surface area contributed by atoms with Gasteiger partial charge in [0.2, 0.25) is 5.71 Å². The lowest BCUT2D eigenvalue weighted by atomic mass is 10.1. The Balaban J connectivity index is 1.99. The number of hydrazone groups is 1. The first kappa shape index (κ1) is 18.7. The van der Waals surface area contributed by atoms with Gasteiger partial charge in [-0.2, -0.15) is 33.9 Å². The van der Waals surface area contributed by atoms with Gasteiger partial charge in [0.05, 0.1) is 17.1 Å². The fraction of sp³-hybridized carbons (Fsp3) is 0.0526. The van der Waals surface area contributed by atoms with Gasteiger partial charge in [0, 0.05) is 5.56 Å². The van der Waals surface area contributed by atoms with Gasteiger partial charge in [0.15, 0.2) is 5.69 Å². The molecule has 0 unspecified atom stereocenters. The number of nitrogens with zero attached hydrogens (tertiary/aromatic N) is 5. The Kier molecular flexibility index (Phi) is 5.10. The number of alkyl halides is 3. The molecule has 1 aromatic heterocycles. The molecule has 9 heteroatoms. The van der Waals surface area contributed by atoms with Gasteiger partial charge in [-0.05, 0) is 30.3 Å². The topological polar surface area (TPSA) is 89.8 Å². The Hall–Kier alpha value is -4.11. The van der Waals surface area contributed by atoms with E-state index in [0.717, 1.165) is 6.07 Å². The summed E-state index contributed by atoms with van der Waals surface area (Å²) in [7, 11) is 0. The van der Waals surface area contributed by atoms with E-state index in [0.29, 0.717) is 16.9 Å². The molecule has 1 N–H and O–H groups in total. The van der Waals surface area contributed by atoms with Crippen LogP contribution in [0.25, 0.3) is 16.9 Å². The molecule has 0 aliphatic carbocycles. The van der Waals surface area contributed by atoms with Crippen molar-refractivity contribution in [3.05, 3.63) is 66.4 Å². The van der Waals surface area contributed by atoms with Crippen molar-refractivity contribution in [3.63, 3.8) is 0 Å². The number of halogens is 3. The fourth-order valence-electron chi connectivity index (χ4n) is 2.40. The summed E-state index contributed by atoms with van der Waals surface area (Å²) in [5, 5.41) is 24.6. The van der Waals surface area contributed by atoms with E-state index in [1.165, 1.54) is 4.68 Å². The summed E-state index contributed by atoms with van der Waals surface area (Å²) in [6.07, 6.45) is -4.57. The van der Waals surface area contributed by atoms with Gasteiger partial charge < -0.3 is 0 Å². The molecule has 0 saturated heterocycles. The van der Waals surface area contributed by atoms with Crippen molar-refractivity contribution in [2.75, 3.05) is 5.43 Å². The van der Waals surface area contributed by atoms with Gasteiger partial charge >= 0.3 is 6.18 Å². The van der Waals surface area contributed by atoms with Crippen LogP contribution in [0.1, 0.15) is 5.69 Å². The van der Waals surface area contributed by atoms with Crippen LogP contribution in [0.5, 0.6) is 0 Å². The van der Waals surface area contributed by atoms with Crippen molar-refractivity contribution >= 4 is 11.4 Å². The molecule has 3 rings (SSSR count). The first-order valence-corrected chi connectivity index (χ1v) is 7.89. The van der Waals surface area contributed by atoms with Crippen LogP contribution in [0.3, 0.4) is 0 Å². The van der Waals surface area contributed by atoms with Crippen molar-refractivity contribution in [1.29, 1.82) is 10.5 Å². The highest BCUT2D eigenvalue weighted by Crippen LogP contribution is 2.33. The third-order valence-corrected chi connectivity index (χ3v) is 3.69. The maximum absolute atomic E-state index is 13.2. The predicted octanol–water partition coefficient (Wildman–Crippen LogP) is 4.37. The molecule has 0 amide bonds. The van der Waals surface area contributed by atoms with E-state index in [4.69, 9.17) is 10.5 Å². The summed E-state index contributed by atoms with van der Waals surface area (Å²) in [6.45, 7) is 0. The van der Waals surface area contributed by atoms with Crippen molar-refractivity contribution in [2.24, 2.45) is 5.10 Å². The number of aromatic nitrogens is 2. The number of nitriles is 2. The fourth-order valence-corrected chi connectivity index (χ4v) is 2.40. The number of para-hydroxylation sites is 1. The third kappa shape index (κ3) is 4.00. The number of benzene rings is 2. The number of rotatable bonds is 4. The average molecular weight is 380 g/mol. The molecular formula is C19H11F3N6. The number of anilines is 1. The van der Waals surface area contributed by atoms with Gasteiger partial charge in [-0.25, -0.2) is 4.68 Å². The summed E-state index contributed by atoms with van der Waals surface area (Å²) in [4.78, 5) is 0. The van der Waals surface area contributed by atoms with E-state index >= 15 is 0 Å². The van der Waals surface area contributed by atoms with E-state index in [9.17, 15) is 13.2 Å². The predicted molar refractivity (Wildman–Crippen MR) is 96.3 cm³/mol.